The second-order valence-electron chi connectivity index (χ2n) is 5.83. The maximum Gasteiger partial charge on any atom is 0.430 e. The molecule has 9 heteroatoms. The van der Waals surface area contributed by atoms with Crippen molar-refractivity contribution in [1.82, 2.24) is 0 Å². The number of alkyl halides is 6. The summed E-state index contributed by atoms with van der Waals surface area (Å²) in [4.78, 5) is 11.3. The van der Waals surface area contributed by atoms with Gasteiger partial charge in [0.15, 0.2) is 0 Å². The normalized spacial score (nSPS) is 19.5. The van der Waals surface area contributed by atoms with Gasteiger partial charge in [-0.05, 0) is 12.3 Å². The van der Waals surface area contributed by atoms with Crippen LogP contribution in [0.25, 0.3) is 0 Å². The molecule has 136 valence electrons. The van der Waals surface area contributed by atoms with Crippen LogP contribution in [-0.4, -0.2) is 35.1 Å². The van der Waals surface area contributed by atoms with Crippen molar-refractivity contribution in [3.63, 3.8) is 0 Å². The Balaban J connectivity index is 3.14. The van der Waals surface area contributed by atoms with Gasteiger partial charge in [0.2, 0.25) is 0 Å². The third-order valence-electron chi connectivity index (χ3n) is 4.16. The third-order valence-corrected chi connectivity index (χ3v) is 4.16. The molecule has 0 radical (unpaired) electrons. The van der Waals surface area contributed by atoms with Crippen LogP contribution in [0.3, 0.4) is 0 Å². The Bertz CT molecular complexity index is 384. The van der Waals surface area contributed by atoms with Crippen LogP contribution in [0.5, 0.6) is 0 Å². The highest BCUT2D eigenvalue weighted by molar-refractivity contribution is 5.69. The maximum absolute atomic E-state index is 13.0. The number of hydrogen-bond donors (Lipinski definition) is 1. The summed E-state index contributed by atoms with van der Waals surface area (Å²) >= 11 is 0. The monoisotopic (exact) mass is 350 g/mol. The maximum atomic E-state index is 13.0. The quantitative estimate of drug-likeness (QED) is 0.599. The summed E-state index contributed by atoms with van der Waals surface area (Å²) in [5, 5.41) is 9.49. The fraction of sp³-hybridized carbons (Fsp3) is 0.929. The zero-order valence-electron chi connectivity index (χ0n) is 12.6. The Hall–Kier alpha value is -0.990. The van der Waals surface area contributed by atoms with E-state index in [1.807, 2.05) is 0 Å². The molecule has 3 nitrogen and oxygen atoms in total. The first-order chi connectivity index (χ1) is 10.4. The van der Waals surface area contributed by atoms with Crippen molar-refractivity contribution in [3.8, 4) is 0 Å². The van der Waals surface area contributed by atoms with Crippen LogP contribution < -0.4 is 0 Å². The predicted octanol–water partition coefficient (Wildman–Crippen LogP) is 4.13. The van der Waals surface area contributed by atoms with Gasteiger partial charge in [-0.25, -0.2) is 0 Å². The Morgan fingerprint density at radius 3 is 1.96 bits per heavy atom. The minimum atomic E-state index is -6.00. The van der Waals surface area contributed by atoms with Crippen molar-refractivity contribution in [1.29, 1.82) is 0 Å². The van der Waals surface area contributed by atoms with E-state index in [9.17, 15) is 36.2 Å². The van der Waals surface area contributed by atoms with Gasteiger partial charge in [-0.3, -0.25) is 4.79 Å². The molecule has 0 heterocycles. The van der Waals surface area contributed by atoms with Crippen molar-refractivity contribution < 1.29 is 41.0 Å². The average Bonchev–Trinajstić information content (AvgIpc) is 2.44. The number of rotatable bonds is 5. The smallest absolute Gasteiger partial charge is 0.430 e. The lowest BCUT2D eigenvalue weighted by Crippen LogP contribution is -2.65. The minimum absolute atomic E-state index is 0.382. The van der Waals surface area contributed by atoms with Crippen molar-refractivity contribution in [2.24, 2.45) is 5.92 Å². The molecule has 1 rings (SSSR count). The van der Waals surface area contributed by atoms with E-state index in [1.54, 1.807) is 0 Å². The van der Waals surface area contributed by atoms with Crippen molar-refractivity contribution in [2.45, 2.75) is 75.9 Å². The molecule has 0 aromatic rings. The Labute approximate surface area is 130 Å². The first-order valence-corrected chi connectivity index (χ1v) is 7.48. The summed E-state index contributed by atoms with van der Waals surface area (Å²) in [6.07, 6.45) is -12.6. The lowest BCUT2D eigenvalue weighted by molar-refractivity contribution is -0.392. The number of aliphatic hydroxyl groups is 1. The summed E-state index contributed by atoms with van der Waals surface area (Å²) in [5.41, 5.74) is -5.07. The Morgan fingerprint density at radius 2 is 1.57 bits per heavy atom. The van der Waals surface area contributed by atoms with Gasteiger partial charge in [0.05, 0.1) is 0 Å². The molecule has 0 saturated heterocycles. The molecule has 0 bridgehead atoms. The molecule has 1 aliphatic carbocycles. The molecule has 23 heavy (non-hydrogen) atoms. The molecule has 1 N–H and O–H groups in total. The summed E-state index contributed by atoms with van der Waals surface area (Å²) < 4.78 is 82.4. The van der Waals surface area contributed by atoms with E-state index < -0.39 is 42.4 Å². The number of ether oxygens (including phenoxy) is 1. The number of carbonyl (C=O) groups is 1. The molecule has 0 aromatic heterocycles. The van der Waals surface area contributed by atoms with Gasteiger partial charge in [-0.15, -0.1) is 0 Å². The van der Waals surface area contributed by atoms with Crippen LogP contribution >= 0.6 is 0 Å². The zero-order valence-corrected chi connectivity index (χ0v) is 12.6. The zero-order chi connectivity index (χ0) is 17.9. The summed E-state index contributed by atoms with van der Waals surface area (Å²) in [7, 11) is 0. The largest absolute Gasteiger partial charge is 0.459 e. The van der Waals surface area contributed by atoms with E-state index in [0.29, 0.717) is 25.7 Å². The van der Waals surface area contributed by atoms with Crippen molar-refractivity contribution >= 4 is 5.97 Å². The summed E-state index contributed by atoms with van der Waals surface area (Å²) in [6, 6.07) is 0. The lowest BCUT2D eigenvalue weighted by atomic mass is 9.80. The Kier molecular flexibility index (Phi) is 6.34. The van der Waals surface area contributed by atoms with E-state index in [4.69, 9.17) is 0 Å². The van der Waals surface area contributed by atoms with E-state index in [0.717, 1.165) is 6.42 Å². The number of esters is 1. The molecule has 0 aromatic carbocycles. The van der Waals surface area contributed by atoms with E-state index in [1.165, 1.54) is 6.92 Å². The van der Waals surface area contributed by atoms with Gasteiger partial charge in [-0.1, -0.05) is 39.0 Å². The lowest BCUT2D eigenvalue weighted by Gasteiger charge is -2.39. The molecule has 1 unspecified atom stereocenters. The highest BCUT2D eigenvalue weighted by Crippen LogP contribution is 2.48. The van der Waals surface area contributed by atoms with Crippen LogP contribution in [0.15, 0.2) is 0 Å². The molecule has 0 aliphatic heterocycles. The van der Waals surface area contributed by atoms with E-state index in [2.05, 4.69) is 4.74 Å². The minimum Gasteiger partial charge on any atom is -0.459 e. The van der Waals surface area contributed by atoms with Crippen molar-refractivity contribution in [2.75, 3.05) is 0 Å². The average molecular weight is 350 g/mol. The van der Waals surface area contributed by atoms with Gasteiger partial charge < -0.3 is 9.84 Å². The van der Waals surface area contributed by atoms with Gasteiger partial charge in [0.25, 0.3) is 5.60 Å². The van der Waals surface area contributed by atoms with Gasteiger partial charge in [-0.2, -0.15) is 26.3 Å². The fourth-order valence-electron chi connectivity index (χ4n) is 2.80. The van der Waals surface area contributed by atoms with Gasteiger partial charge >= 0.3 is 18.3 Å². The summed E-state index contributed by atoms with van der Waals surface area (Å²) in [6.45, 7) is 1.25. The van der Waals surface area contributed by atoms with Crippen LogP contribution in [0.2, 0.25) is 0 Å². The Morgan fingerprint density at radius 1 is 1.09 bits per heavy atom. The van der Waals surface area contributed by atoms with E-state index in [-0.39, 0.29) is 6.42 Å². The van der Waals surface area contributed by atoms with Crippen LogP contribution in [0.1, 0.15) is 51.9 Å². The molecular weight excluding hydrogens is 330 g/mol. The molecule has 1 fully saturated rings. The number of halogens is 6. The fourth-order valence-corrected chi connectivity index (χ4v) is 2.80. The standard InChI is InChI=1S/C14H20F6O3/c1-2-11(21)23-10(8-9-6-4-3-5-7-9)12(22,13(15,16)17)14(18,19)20/h9-10,22H,2-8H2,1H3. The van der Waals surface area contributed by atoms with Gasteiger partial charge in [0.1, 0.15) is 6.10 Å². The number of hydrogen-bond acceptors (Lipinski definition) is 3. The number of carbonyl (C=O) groups excluding carboxylic acids is 1. The predicted molar refractivity (Wildman–Crippen MR) is 68.4 cm³/mol. The second-order valence-corrected chi connectivity index (χ2v) is 5.83. The molecule has 1 aliphatic rings. The van der Waals surface area contributed by atoms with Crippen LogP contribution in [0.4, 0.5) is 26.3 Å². The topological polar surface area (TPSA) is 46.5 Å². The highest BCUT2D eigenvalue weighted by atomic mass is 19.4. The SMILES string of the molecule is CCC(=O)OC(CC1CCCCC1)C(O)(C(F)(F)F)C(F)(F)F. The third kappa shape index (κ3) is 4.51. The second kappa shape index (κ2) is 7.27. The highest BCUT2D eigenvalue weighted by Gasteiger charge is 2.75. The van der Waals surface area contributed by atoms with Gasteiger partial charge in [0, 0.05) is 6.42 Å². The molecule has 1 saturated carbocycles. The van der Waals surface area contributed by atoms with E-state index >= 15 is 0 Å². The first kappa shape index (κ1) is 20.1. The molecular formula is C14H20F6O3. The molecule has 0 amide bonds. The first-order valence-electron chi connectivity index (χ1n) is 7.48. The summed E-state index contributed by atoms with van der Waals surface area (Å²) in [5.74, 6) is -1.66. The van der Waals surface area contributed by atoms with Crippen molar-refractivity contribution in [3.05, 3.63) is 0 Å². The molecule has 1 atom stereocenters. The molecule has 0 spiro atoms. The van der Waals surface area contributed by atoms with Crippen LogP contribution in [0, 0.1) is 5.92 Å². The van der Waals surface area contributed by atoms with Crippen LogP contribution in [-0.2, 0) is 9.53 Å².